The molecule has 0 radical (unpaired) electrons. The molecule has 1 heterocycles. The lowest BCUT2D eigenvalue weighted by molar-refractivity contribution is 1.05. The molecule has 3 rings (SSSR count). The number of benzene rings is 2. The normalized spacial score (nSPS) is 11.3. The Morgan fingerprint density at radius 1 is 1.16 bits per heavy atom. The summed E-state index contributed by atoms with van der Waals surface area (Å²) in [6, 6.07) is 10.0. The minimum absolute atomic E-state index is 0.139. The van der Waals surface area contributed by atoms with Gasteiger partial charge in [-0.25, -0.2) is 0 Å². The number of hydrogen-bond acceptors (Lipinski definition) is 1. The van der Waals surface area contributed by atoms with Gasteiger partial charge in [0.1, 0.15) is 0 Å². The van der Waals surface area contributed by atoms with Crippen LogP contribution in [0.1, 0.15) is 18.2 Å². The Bertz CT molecular complexity index is 849. The molecule has 0 bridgehead atoms. The Labute approximate surface area is 119 Å². The quantitative estimate of drug-likeness (QED) is 0.667. The van der Waals surface area contributed by atoms with E-state index in [0.29, 0.717) is 0 Å². The van der Waals surface area contributed by atoms with Crippen molar-refractivity contribution in [2.75, 3.05) is 0 Å². The topological polar surface area (TPSA) is 32.9 Å². The molecule has 0 saturated heterocycles. The molecule has 0 fully saturated rings. The smallest absolute Gasteiger partial charge is 0.192 e. The highest BCUT2D eigenvalue weighted by molar-refractivity contribution is 9.10. The first-order chi connectivity index (χ1) is 9.13. The van der Waals surface area contributed by atoms with Crippen LogP contribution in [0.3, 0.4) is 0 Å². The number of nitrogens with one attached hydrogen (secondary N) is 1. The van der Waals surface area contributed by atoms with Gasteiger partial charge in [0.25, 0.3) is 0 Å². The molecule has 3 aromatic rings. The van der Waals surface area contributed by atoms with Crippen LogP contribution in [0.4, 0.5) is 0 Å². The lowest BCUT2D eigenvalue weighted by atomic mass is 10.0. The van der Waals surface area contributed by atoms with Gasteiger partial charge in [-0.15, -0.1) is 0 Å². The van der Waals surface area contributed by atoms with Crippen molar-refractivity contribution in [2.45, 2.75) is 20.3 Å². The van der Waals surface area contributed by atoms with Gasteiger partial charge in [0.15, 0.2) is 5.43 Å². The fraction of sp³-hybridized carbons (Fsp3) is 0.188. The third kappa shape index (κ3) is 1.80. The van der Waals surface area contributed by atoms with Gasteiger partial charge in [-0.2, -0.15) is 0 Å². The van der Waals surface area contributed by atoms with Crippen LogP contribution in [0.15, 0.2) is 39.6 Å². The monoisotopic (exact) mass is 315 g/mol. The van der Waals surface area contributed by atoms with E-state index in [4.69, 9.17) is 0 Å². The predicted molar refractivity (Wildman–Crippen MR) is 83.9 cm³/mol. The summed E-state index contributed by atoms with van der Waals surface area (Å²) < 4.78 is 0.965. The second-order valence-electron chi connectivity index (χ2n) is 4.74. The molecule has 0 aliphatic carbocycles. The number of halogens is 1. The summed E-state index contributed by atoms with van der Waals surface area (Å²) >= 11 is 3.56. The molecule has 96 valence electrons. The van der Waals surface area contributed by atoms with Crippen LogP contribution >= 0.6 is 15.9 Å². The van der Waals surface area contributed by atoms with Crippen LogP contribution in [0, 0.1) is 6.92 Å². The number of aryl methyl sites for hydroxylation is 1. The highest BCUT2D eigenvalue weighted by Gasteiger charge is 2.11. The summed E-state index contributed by atoms with van der Waals surface area (Å²) in [4.78, 5) is 15.9. The van der Waals surface area contributed by atoms with Gasteiger partial charge in [-0.3, -0.25) is 4.79 Å². The van der Waals surface area contributed by atoms with Crippen molar-refractivity contribution in [3.05, 3.63) is 56.3 Å². The third-order valence-electron chi connectivity index (χ3n) is 3.63. The molecule has 2 nitrogen and oxygen atoms in total. The van der Waals surface area contributed by atoms with E-state index in [9.17, 15) is 4.79 Å². The number of hydrogen-bond donors (Lipinski definition) is 1. The Hall–Kier alpha value is -1.61. The number of rotatable bonds is 1. The molecule has 0 atom stereocenters. The van der Waals surface area contributed by atoms with E-state index in [1.165, 1.54) is 0 Å². The fourth-order valence-corrected chi connectivity index (χ4v) is 3.24. The minimum atomic E-state index is 0.139. The molecular formula is C16H14BrNO. The summed E-state index contributed by atoms with van der Waals surface area (Å²) in [5, 5.41) is 2.96. The highest BCUT2D eigenvalue weighted by atomic mass is 79.9. The van der Waals surface area contributed by atoms with Crippen molar-refractivity contribution in [3.63, 3.8) is 0 Å². The van der Waals surface area contributed by atoms with E-state index in [-0.39, 0.29) is 5.43 Å². The Balaban J connectivity index is 2.62. The molecule has 19 heavy (non-hydrogen) atoms. The molecule has 0 spiro atoms. The number of fused-ring (bicyclic) bond motifs is 3. The first-order valence-corrected chi connectivity index (χ1v) is 7.15. The van der Waals surface area contributed by atoms with Crippen molar-refractivity contribution >= 4 is 37.6 Å². The van der Waals surface area contributed by atoms with Gasteiger partial charge in [0.2, 0.25) is 0 Å². The van der Waals surface area contributed by atoms with Crippen molar-refractivity contribution in [2.24, 2.45) is 0 Å². The van der Waals surface area contributed by atoms with Gasteiger partial charge in [0, 0.05) is 26.5 Å². The maximum absolute atomic E-state index is 12.5. The number of H-pyrrole nitrogens is 1. The second kappa shape index (κ2) is 4.49. The lowest BCUT2D eigenvalue weighted by Crippen LogP contribution is -2.12. The van der Waals surface area contributed by atoms with Crippen molar-refractivity contribution < 1.29 is 0 Å². The number of aromatic nitrogens is 1. The Morgan fingerprint density at radius 2 is 1.84 bits per heavy atom. The molecule has 1 aromatic heterocycles. The molecule has 0 aliphatic heterocycles. The SMILES string of the molecule is CCc1c(C)[nH]c2c(cc(Br)c3ccccc32)c1=O. The molecule has 3 heteroatoms. The van der Waals surface area contributed by atoms with Crippen LogP contribution in [-0.2, 0) is 6.42 Å². The molecule has 0 amide bonds. The van der Waals surface area contributed by atoms with E-state index < -0.39 is 0 Å². The lowest BCUT2D eigenvalue weighted by Gasteiger charge is -2.10. The maximum Gasteiger partial charge on any atom is 0.192 e. The first kappa shape index (κ1) is 12.4. The van der Waals surface area contributed by atoms with Crippen LogP contribution in [0.2, 0.25) is 0 Å². The Morgan fingerprint density at radius 3 is 2.53 bits per heavy atom. The van der Waals surface area contributed by atoms with Crippen LogP contribution < -0.4 is 5.43 Å². The summed E-state index contributed by atoms with van der Waals surface area (Å²) in [7, 11) is 0. The molecule has 1 N–H and O–H groups in total. The van der Waals surface area contributed by atoms with Gasteiger partial charge in [-0.05, 0) is 24.8 Å². The Kier molecular flexibility index (Phi) is 2.94. The minimum Gasteiger partial charge on any atom is -0.358 e. The van der Waals surface area contributed by atoms with Crippen LogP contribution in [0.25, 0.3) is 21.7 Å². The van der Waals surface area contributed by atoms with Crippen molar-refractivity contribution in [1.29, 1.82) is 0 Å². The molecule has 0 saturated carbocycles. The van der Waals surface area contributed by atoms with Crippen LogP contribution in [0.5, 0.6) is 0 Å². The van der Waals surface area contributed by atoms with Crippen LogP contribution in [-0.4, -0.2) is 4.98 Å². The molecule has 2 aromatic carbocycles. The van der Waals surface area contributed by atoms with Crippen molar-refractivity contribution in [3.8, 4) is 0 Å². The molecule has 0 aliphatic rings. The van der Waals surface area contributed by atoms with Gasteiger partial charge in [0.05, 0.1) is 5.52 Å². The first-order valence-electron chi connectivity index (χ1n) is 6.36. The zero-order chi connectivity index (χ0) is 13.6. The van der Waals surface area contributed by atoms with Crippen molar-refractivity contribution in [1.82, 2.24) is 4.98 Å². The maximum atomic E-state index is 12.5. The number of pyridine rings is 1. The van der Waals surface area contributed by atoms with E-state index in [1.807, 2.05) is 38.1 Å². The van der Waals surface area contributed by atoms with E-state index in [1.54, 1.807) is 0 Å². The van der Waals surface area contributed by atoms with Gasteiger partial charge in [-0.1, -0.05) is 47.1 Å². The summed E-state index contributed by atoms with van der Waals surface area (Å²) in [6.45, 7) is 3.98. The third-order valence-corrected chi connectivity index (χ3v) is 4.29. The standard InChI is InChI=1S/C16H14BrNO/c1-3-10-9(2)18-15-12-7-5-4-6-11(12)14(17)8-13(15)16(10)19/h4-8H,3H2,1-2H3,(H,18,19). The van der Waals surface area contributed by atoms with Gasteiger partial charge < -0.3 is 4.98 Å². The van der Waals surface area contributed by atoms with E-state index in [0.717, 1.165) is 43.8 Å². The summed E-state index contributed by atoms with van der Waals surface area (Å²) in [5.74, 6) is 0. The highest BCUT2D eigenvalue weighted by Crippen LogP contribution is 2.30. The fourth-order valence-electron chi connectivity index (χ4n) is 2.67. The largest absolute Gasteiger partial charge is 0.358 e. The average molecular weight is 316 g/mol. The second-order valence-corrected chi connectivity index (χ2v) is 5.59. The zero-order valence-electron chi connectivity index (χ0n) is 10.9. The van der Waals surface area contributed by atoms with E-state index in [2.05, 4.69) is 27.0 Å². The summed E-state index contributed by atoms with van der Waals surface area (Å²) in [6.07, 6.45) is 0.752. The summed E-state index contributed by atoms with van der Waals surface area (Å²) in [5.41, 5.74) is 2.90. The predicted octanol–water partition coefficient (Wildman–Crippen LogP) is 4.31. The average Bonchev–Trinajstić information content (AvgIpc) is 2.41. The molecule has 0 unspecified atom stereocenters. The van der Waals surface area contributed by atoms with Gasteiger partial charge >= 0.3 is 0 Å². The number of aromatic amines is 1. The zero-order valence-corrected chi connectivity index (χ0v) is 12.5. The molecular weight excluding hydrogens is 302 g/mol. The van der Waals surface area contributed by atoms with E-state index >= 15 is 0 Å².